The first-order valence-electron chi connectivity index (χ1n) is 5.12. The molecule has 0 aromatic heterocycles. The topological polar surface area (TPSA) is 38.4 Å². The molecule has 2 aromatic rings. The molecule has 2 rings (SSSR count). The van der Waals surface area contributed by atoms with Crippen molar-refractivity contribution in [2.24, 2.45) is 10.7 Å². The predicted molar refractivity (Wildman–Crippen MR) is 78.3 cm³/mol. The predicted octanol–water partition coefficient (Wildman–Crippen LogP) is 4.68. The van der Waals surface area contributed by atoms with Crippen molar-refractivity contribution in [3.63, 3.8) is 0 Å². The fraction of sp³-hybridized carbons (Fsp3) is 0. The van der Waals surface area contributed by atoms with Gasteiger partial charge in [-0.2, -0.15) is 0 Å². The quantitative estimate of drug-likeness (QED) is 0.634. The SMILES string of the molecule is NC(=Nc1cc(Cl)ccc1Cl)c1ccccc1Cl. The molecule has 0 saturated heterocycles. The lowest BCUT2D eigenvalue weighted by molar-refractivity contribution is 1.45. The van der Waals surface area contributed by atoms with E-state index < -0.39 is 0 Å². The summed E-state index contributed by atoms with van der Waals surface area (Å²) in [5, 5.41) is 1.57. The molecule has 0 fully saturated rings. The van der Waals surface area contributed by atoms with Crippen LogP contribution in [-0.2, 0) is 0 Å². The van der Waals surface area contributed by atoms with Crippen LogP contribution in [0.5, 0.6) is 0 Å². The van der Waals surface area contributed by atoms with Crippen LogP contribution in [0, 0.1) is 0 Å². The van der Waals surface area contributed by atoms with Gasteiger partial charge in [-0.1, -0.05) is 46.9 Å². The molecular weight excluding hydrogens is 291 g/mol. The van der Waals surface area contributed by atoms with Crippen molar-refractivity contribution in [3.8, 4) is 0 Å². The number of amidine groups is 1. The molecular formula is C13H9Cl3N2. The summed E-state index contributed by atoms with van der Waals surface area (Å²) in [6, 6.07) is 12.2. The maximum atomic E-state index is 6.04. The number of halogens is 3. The van der Waals surface area contributed by atoms with Gasteiger partial charge in [0.1, 0.15) is 5.84 Å². The molecule has 0 spiro atoms. The smallest absolute Gasteiger partial charge is 0.132 e. The van der Waals surface area contributed by atoms with Gasteiger partial charge in [0.15, 0.2) is 0 Å². The van der Waals surface area contributed by atoms with E-state index in [1.165, 1.54) is 0 Å². The standard InChI is InChI=1S/C13H9Cl3N2/c14-8-5-6-11(16)12(7-8)18-13(17)9-3-1-2-4-10(9)15/h1-7H,(H2,17,18). The van der Waals surface area contributed by atoms with Gasteiger partial charge in [-0.25, -0.2) is 4.99 Å². The Balaban J connectivity index is 2.45. The van der Waals surface area contributed by atoms with Crippen LogP contribution in [0.1, 0.15) is 5.56 Å². The third kappa shape index (κ3) is 2.96. The molecule has 0 heterocycles. The van der Waals surface area contributed by atoms with Gasteiger partial charge in [0.05, 0.1) is 15.7 Å². The van der Waals surface area contributed by atoms with Crippen molar-refractivity contribution in [3.05, 3.63) is 63.1 Å². The fourth-order valence-electron chi connectivity index (χ4n) is 1.43. The van der Waals surface area contributed by atoms with Gasteiger partial charge >= 0.3 is 0 Å². The Morgan fingerprint density at radius 1 is 0.944 bits per heavy atom. The Hall–Kier alpha value is -1.22. The number of aliphatic imine (C=N–C) groups is 1. The average molecular weight is 300 g/mol. The minimum Gasteiger partial charge on any atom is -0.383 e. The largest absolute Gasteiger partial charge is 0.383 e. The average Bonchev–Trinajstić information content (AvgIpc) is 2.34. The minimum atomic E-state index is 0.296. The molecule has 0 aliphatic carbocycles. The summed E-state index contributed by atoms with van der Waals surface area (Å²) in [6.45, 7) is 0. The Labute approximate surface area is 120 Å². The minimum absolute atomic E-state index is 0.296. The van der Waals surface area contributed by atoms with Crippen LogP contribution in [0.4, 0.5) is 5.69 Å². The lowest BCUT2D eigenvalue weighted by Gasteiger charge is -2.04. The number of rotatable bonds is 2. The molecule has 0 bridgehead atoms. The van der Waals surface area contributed by atoms with Crippen molar-refractivity contribution in [2.75, 3.05) is 0 Å². The van der Waals surface area contributed by atoms with Crippen LogP contribution >= 0.6 is 34.8 Å². The van der Waals surface area contributed by atoms with E-state index in [4.69, 9.17) is 40.5 Å². The Kier molecular flexibility index (Phi) is 4.12. The van der Waals surface area contributed by atoms with E-state index in [0.29, 0.717) is 32.2 Å². The summed E-state index contributed by atoms with van der Waals surface area (Å²) in [7, 11) is 0. The molecule has 92 valence electrons. The van der Waals surface area contributed by atoms with Crippen molar-refractivity contribution >= 4 is 46.3 Å². The van der Waals surface area contributed by atoms with Crippen LogP contribution < -0.4 is 5.73 Å². The summed E-state index contributed by atoms with van der Waals surface area (Å²) >= 11 is 17.9. The first kappa shape index (κ1) is 13.2. The molecule has 0 atom stereocenters. The second-order valence-electron chi connectivity index (χ2n) is 3.57. The molecule has 0 unspecified atom stereocenters. The zero-order valence-electron chi connectivity index (χ0n) is 9.20. The molecule has 0 aliphatic heterocycles. The van der Waals surface area contributed by atoms with Gasteiger partial charge in [-0.15, -0.1) is 0 Å². The number of benzene rings is 2. The van der Waals surface area contributed by atoms with Crippen LogP contribution in [0.3, 0.4) is 0 Å². The van der Waals surface area contributed by atoms with Gasteiger partial charge in [0.2, 0.25) is 0 Å². The number of hydrogen-bond donors (Lipinski definition) is 1. The molecule has 2 aromatic carbocycles. The third-order valence-electron chi connectivity index (χ3n) is 2.30. The molecule has 0 saturated carbocycles. The van der Waals surface area contributed by atoms with Crippen molar-refractivity contribution < 1.29 is 0 Å². The highest BCUT2D eigenvalue weighted by Crippen LogP contribution is 2.28. The Bertz CT molecular complexity index is 609. The van der Waals surface area contributed by atoms with Gasteiger partial charge in [-0.05, 0) is 30.3 Å². The normalized spacial score (nSPS) is 11.6. The molecule has 2 N–H and O–H groups in total. The molecule has 5 heteroatoms. The van der Waals surface area contributed by atoms with E-state index in [9.17, 15) is 0 Å². The van der Waals surface area contributed by atoms with Gasteiger partial charge in [-0.3, -0.25) is 0 Å². The van der Waals surface area contributed by atoms with Crippen LogP contribution in [0.2, 0.25) is 15.1 Å². The van der Waals surface area contributed by atoms with Crippen LogP contribution in [0.15, 0.2) is 47.5 Å². The molecule has 0 aliphatic rings. The fourth-order valence-corrected chi connectivity index (χ4v) is 1.99. The van der Waals surface area contributed by atoms with E-state index in [2.05, 4.69) is 4.99 Å². The molecule has 2 nitrogen and oxygen atoms in total. The summed E-state index contributed by atoms with van der Waals surface area (Å²) in [6.07, 6.45) is 0. The zero-order chi connectivity index (χ0) is 13.1. The number of nitrogens with two attached hydrogens (primary N) is 1. The summed E-state index contributed by atoms with van der Waals surface area (Å²) in [5.41, 5.74) is 7.09. The van der Waals surface area contributed by atoms with Crippen molar-refractivity contribution in [2.45, 2.75) is 0 Å². The van der Waals surface area contributed by atoms with E-state index in [1.54, 1.807) is 30.3 Å². The molecule has 0 amide bonds. The van der Waals surface area contributed by atoms with E-state index >= 15 is 0 Å². The second-order valence-corrected chi connectivity index (χ2v) is 4.82. The third-order valence-corrected chi connectivity index (χ3v) is 3.18. The van der Waals surface area contributed by atoms with Gasteiger partial charge < -0.3 is 5.73 Å². The van der Waals surface area contributed by atoms with Crippen molar-refractivity contribution in [1.82, 2.24) is 0 Å². The first-order chi connectivity index (χ1) is 8.58. The maximum absolute atomic E-state index is 6.04. The monoisotopic (exact) mass is 298 g/mol. The maximum Gasteiger partial charge on any atom is 0.132 e. The summed E-state index contributed by atoms with van der Waals surface area (Å²) < 4.78 is 0. The number of hydrogen-bond acceptors (Lipinski definition) is 1. The zero-order valence-corrected chi connectivity index (χ0v) is 11.5. The highest BCUT2D eigenvalue weighted by atomic mass is 35.5. The van der Waals surface area contributed by atoms with Gasteiger partial charge in [0.25, 0.3) is 0 Å². The van der Waals surface area contributed by atoms with Crippen LogP contribution in [0.25, 0.3) is 0 Å². The highest BCUT2D eigenvalue weighted by molar-refractivity contribution is 6.36. The lowest BCUT2D eigenvalue weighted by Crippen LogP contribution is -2.13. The van der Waals surface area contributed by atoms with Gasteiger partial charge in [0, 0.05) is 10.6 Å². The highest BCUT2D eigenvalue weighted by Gasteiger charge is 2.06. The Morgan fingerprint density at radius 2 is 1.67 bits per heavy atom. The van der Waals surface area contributed by atoms with E-state index in [1.807, 2.05) is 12.1 Å². The lowest BCUT2D eigenvalue weighted by atomic mass is 10.2. The molecule has 0 radical (unpaired) electrons. The van der Waals surface area contributed by atoms with E-state index in [-0.39, 0.29) is 0 Å². The molecule has 18 heavy (non-hydrogen) atoms. The number of nitrogens with zero attached hydrogens (tertiary/aromatic N) is 1. The van der Waals surface area contributed by atoms with E-state index in [0.717, 1.165) is 0 Å². The first-order valence-corrected chi connectivity index (χ1v) is 6.25. The Morgan fingerprint density at radius 3 is 2.39 bits per heavy atom. The van der Waals surface area contributed by atoms with Crippen LogP contribution in [-0.4, -0.2) is 5.84 Å². The summed E-state index contributed by atoms with van der Waals surface area (Å²) in [5.74, 6) is 0.296. The van der Waals surface area contributed by atoms with Crippen molar-refractivity contribution in [1.29, 1.82) is 0 Å². The second kappa shape index (κ2) is 5.61. The summed E-state index contributed by atoms with van der Waals surface area (Å²) in [4.78, 5) is 4.24.